The number of thioether (sulfide) groups is 1. The van der Waals surface area contributed by atoms with E-state index in [0.717, 1.165) is 37.1 Å². The van der Waals surface area contributed by atoms with Crippen molar-refractivity contribution in [1.29, 1.82) is 0 Å². The van der Waals surface area contributed by atoms with Gasteiger partial charge in [0.15, 0.2) is 0 Å². The zero-order valence-electron chi connectivity index (χ0n) is 8.94. The van der Waals surface area contributed by atoms with Crippen molar-refractivity contribution in [3.63, 3.8) is 0 Å². The number of carbonyl (C=O) groups excluding carboxylic acids is 1. The monoisotopic (exact) mass is 224 g/mol. The molecule has 3 heteroatoms. The van der Waals surface area contributed by atoms with E-state index >= 15 is 0 Å². The molecule has 0 radical (unpaired) electrons. The van der Waals surface area contributed by atoms with Crippen LogP contribution in [0.3, 0.4) is 0 Å². The smallest absolute Gasteiger partial charge is 0.150 e. The number of carbonyl (C=O) groups is 1. The first-order valence-electron chi connectivity index (χ1n) is 5.04. The summed E-state index contributed by atoms with van der Waals surface area (Å²) >= 11 is 1.82. The van der Waals surface area contributed by atoms with E-state index in [4.69, 9.17) is 4.74 Å². The van der Waals surface area contributed by atoms with Gasteiger partial charge in [-0.25, -0.2) is 0 Å². The van der Waals surface area contributed by atoms with Gasteiger partial charge in [0.1, 0.15) is 6.29 Å². The molecule has 0 unspecified atom stereocenters. The molecule has 0 aliphatic heterocycles. The fourth-order valence-corrected chi connectivity index (χ4v) is 2.09. The molecule has 1 aromatic rings. The molecule has 0 aromatic heterocycles. The Bertz CT molecular complexity index is 282. The van der Waals surface area contributed by atoms with Gasteiger partial charge in [0.05, 0.1) is 0 Å². The van der Waals surface area contributed by atoms with E-state index < -0.39 is 0 Å². The zero-order chi connectivity index (χ0) is 10.9. The lowest BCUT2D eigenvalue weighted by Crippen LogP contribution is -1.89. The molecule has 0 amide bonds. The van der Waals surface area contributed by atoms with Gasteiger partial charge in [-0.2, -0.15) is 0 Å². The maximum Gasteiger partial charge on any atom is 0.150 e. The van der Waals surface area contributed by atoms with Crippen LogP contribution in [0.2, 0.25) is 0 Å². The molecular weight excluding hydrogens is 208 g/mol. The Hall–Kier alpha value is -0.800. The number of ether oxygens (including phenoxy) is 1. The van der Waals surface area contributed by atoms with E-state index in [2.05, 4.69) is 0 Å². The van der Waals surface area contributed by atoms with E-state index in [9.17, 15) is 4.79 Å². The number of hydrogen-bond acceptors (Lipinski definition) is 3. The van der Waals surface area contributed by atoms with Crippen LogP contribution in [-0.2, 0) is 4.74 Å². The first kappa shape index (κ1) is 12.3. The Balaban J connectivity index is 2.22. The zero-order valence-corrected chi connectivity index (χ0v) is 9.76. The number of aldehydes is 1. The number of rotatable bonds is 7. The quantitative estimate of drug-likeness (QED) is 0.404. The van der Waals surface area contributed by atoms with Crippen molar-refractivity contribution in [3.8, 4) is 0 Å². The van der Waals surface area contributed by atoms with Crippen LogP contribution in [0.15, 0.2) is 29.2 Å². The second-order valence-electron chi connectivity index (χ2n) is 3.24. The van der Waals surface area contributed by atoms with Gasteiger partial charge in [-0.3, -0.25) is 4.79 Å². The normalized spacial score (nSPS) is 10.2. The van der Waals surface area contributed by atoms with E-state index in [0.29, 0.717) is 0 Å². The number of methoxy groups -OCH3 is 1. The van der Waals surface area contributed by atoms with Gasteiger partial charge in [-0.05, 0) is 30.7 Å². The standard InChI is InChI=1S/C12H16O2S/c1-14-8-2-3-9-15-12-6-4-11(10-13)5-7-12/h4-7,10H,2-3,8-9H2,1H3. The Morgan fingerprint density at radius 3 is 2.60 bits per heavy atom. The average molecular weight is 224 g/mol. The molecule has 0 heterocycles. The van der Waals surface area contributed by atoms with Crippen molar-refractivity contribution >= 4 is 18.0 Å². The minimum atomic E-state index is 0.735. The molecule has 0 aliphatic carbocycles. The Labute approximate surface area is 95.0 Å². The molecule has 0 N–H and O–H groups in total. The Morgan fingerprint density at radius 1 is 1.27 bits per heavy atom. The summed E-state index contributed by atoms with van der Waals surface area (Å²) in [6.07, 6.45) is 3.14. The fourth-order valence-electron chi connectivity index (χ4n) is 1.18. The molecule has 0 atom stereocenters. The third-order valence-corrected chi connectivity index (χ3v) is 3.13. The maximum absolute atomic E-state index is 10.4. The molecule has 1 aromatic carbocycles. The lowest BCUT2D eigenvalue weighted by molar-refractivity contribution is 0.112. The number of benzene rings is 1. The van der Waals surface area contributed by atoms with Crippen molar-refractivity contribution < 1.29 is 9.53 Å². The lowest BCUT2D eigenvalue weighted by Gasteiger charge is -2.01. The first-order chi connectivity index (χ1) is 7.36. The molecule has 1 rings (SSSR count). The van der Waals surface area contributed by atoms with Crippen molar-refractivity contribution in [3.05, 3.63) is 29.8 Å². The van der Waals surface area contributed by atoms with Crippen molar-refractivity contribution in [2.24, 2.45) is 0 Å². The highest BCUT2D eigenvalue weighted by Gasteiger charge is 1.95. The minimum absolute atomic E-state index is 0.735. The topological polar surface area (TPSA) is 26.3 Å². The summed E-state index contributed by atoms with van der Waals surface area (Å²) in [5, 5.41) is 0. The van der Waals surface area contributed by atoms with Crippen LogP contribution in [0.5, 0.6) is 0 Å². The van der Waals surface area contributed by atoms with Crippen molar-refractivity contribution in [2.45, 2.75) is 17.7 Å². The highest BCUT2D eigenvalue weighted by Crippen LogP contribution is 2.19. The summed E-state index contributed by atoms with van der Waals surface area (Å²) in [5.74, 6) is 1.10. The molecule has 2 nitrogen and oxygen atoms in total. The largest absolute Gasteiger partial charge is 0.385 e. The highest BCUT2D eigenvalue weighted by atomic mass is 32.2. The van der Waals surface area contributed by atoms with Gasteiger partial charge in [0.2, 0.25) is 0 Å². The predicted octanol–water partition coefficient (Wildman–Crippen LogP) is 3.02. The molecule has 0 saturated heterocycles. The van der Waals surface area contributed by atoms with Gasteiger partial charge < -0.3 is 4.74 Å². The predicted molar refractivity (Wildman–Crippen MR) is 63.7 cm³/mol. The molecule has 0 saturated carbocycles. The van der Waals surface area contributed by atoms with Gasteiger partial charge in [-0.1, -0.05) is 12.1 Å². The molecule has 0 bridgehead atoms. The molecule has 82 valence electrons. The molecular formula is C12H16O2S. The summed E-state index contributed by atoms with van der Waals surface area (Å²) < 4.78 is 4.98. The minimum Gasteiger partial charge on any atom is -0.385 e. The van der Waals surface area contributed by atoms with Crippen LogP contribution in [0.1, 0.15) is 23.2 Å². The molecule has 0 aliphatic rings. The SMILES string of the molecule is COCCCCSc1ccc(C=O)cc1. The fraction of sp³-hybridized carbons (Fsp3) is 0.417. The van der Waals surface area contributed by atoms with Gasteiger partial charge in [0, 0.05) is 24.2 Å². The third-order valence-electron chi connectivity index (χ3n) is 2.03. The maximum atomic E-state index is 10.4. The molecule has 0 spiro atoms. The Kier molecular flexibility index (Phi) is 6.12. The second kappa shape index (κ2) is 7.49. The third kappa shape index (κ3) is 5.00. The van der Waals surface area contributed by atoms with Gasteiger partial charge >= 0.3 is 0 Å². The van der Waals surface area contributed by atoms with Crippen molar-refractivity contribution in [2.75, 3.05) is 19.5 Å². The van der Waals surface area contributed by atoms with Crippen LogP contribution >= 0.6 is 11.8 Å². The van der Waals surface area contributed by atoms with Crippen LogP contribution in [0.25, 0.3) is 0 Å². The van der Waals surface area contributed by atoms with E-state index in [1.807, 2.05) is 36.0 Å². The molecule has 0 fully saturated rings. The van der Waals surface area contributed by atoms with Crippen LogP contribution in [-0.4, -0.2) is 25.8 Å². The van der Waals surface area contributed by atoms with E-state index in [-0.39, 0.29) is 0 Å². The van der Waals surface area contributed by atoms with Crippen LogP contribution < -0.4 is 0 Å². The van der Waals surface area contributed by atoms with Gasteiger partial charge in [-0.15, -0.1) is 11.8 Å². The average Bonchev–Trinajstić information content (AvgIpc) is 2.30. The number of unbranched alkanes of at least 4 members (excludes halogenated alkanes) is 1. The summed E-state index contributed by atoms with van der Waals surface area (Å²) in [4.78, 5) is 11.6. The Morgan fingerprint density at radius 2 is 2.00 bits per heavy atom. The number of hydrogen-bond donors (Lipinski definition) is 0. The second-order valence-corrected chi connectivity index (χ2v) is 4.40. The van der Waals surface area contributed by atoms with Gasteiger partial charge in [0.25, 0.3) is 0 Å². The van der Waals surface area contributed by atoms with E-state index in [1.54, 1.807) is 7.11 Å². The first-order valence-corrected chi connectivity index (χ1v) is 6.02. The summed E-state index contributed by atoms with van der Waals surface area (Å²) in [6, 6.07) is 7.68. The van der Waals surface area contributed by atoms with Crippen molar-refractivity contribution in [1.82, 2.24) is 0 Å². The van der Waals surface area contributed by atoms with Crippen LogP contribution in [0, 0.1) is 0 Å². The summed E-state index contributed by atoms with van der Waals surface area (Å²) in [6.45, 7) is 0.838. The summed E-state index contributed by atoms with van der Waals surface area (Å²) in [5.41, 5.74) is 0.735. The van der Waals surface area contributed by atoms with Crippen LogP contribution in [0.4, 0.5) is 0 Å². The lowest BCUT2D eigenvalue weighted by atomic mass is 10.2. The van der Waals surface area contributed by atoms with E-state index in [1.165, 1.54) is 4.90 Å². The molecule has 15 heavy (non-hydrogen) atoms. The highest BCUT2D eigenvalue weighted by molar-refractivity contribution is 7.99. The summed E-state index contributed by atoms with van der Waals surface area (Å²) in [7, 11) is 1.73.